The summed E-state index contributed by atoms with van der Waals surface area (Å²) in [7, 11) is 0. The van der Waals surface area contributed by atoms with Gasteiger partial charge in [-0.2, -0.15) is 0 Å². The number of nitrogens with zero attached hydrogens (tertiary/aromatic N) is 1. The fourth-order valence-electron chi connectivity index (χ4n) is 2.52. The summed E-state index contributed by atoms with van der Waals surface area (Å²) in [4.78, 5) is 25.7. The molecule has 108 valence electrons. The Morgan fingerprint density at radius 1 is 1.50 bits per heavy atom. The highest BCUT2D eigenvalue weighted by Gasteiger charge is 2.31. The van der Waals surface area contributed by atoms with Crippen molar-refractivity contribution in [3.05, 3.63) is 29.8 Å². The minimum atomic E-state index is -0.414. The number of amides is 2. The Kier molecular flexibility index (Phi) is 4.74. The molecule has 5 nitrogen and oxygen atoms in total. The van der Waals surface area contributed by atoms with E-state index in [2.05, 4.69) is 5.32 Å². The van der Waals surface area contributed by atoms with Gasteiger partial charge in [-0.15, -0.1) is 0 Å². The number of nitrogens with one attached hydrogen (secondary N) is 1. The van der Waals surface area contributed by atoms with Crippen LogP contribution in [0, 0.1) is 0 Å². The number of benzene rings is 1. The summed E-state index contributed by atoms with van der Waals surface area (Å²) >= 11 is 0. The number of likely N-dealkylation sites (tertiary alicyclic amines) is 1. The molecule has 2 rings (SSSR count). The first-order valence-electron chi connectivity index (χ1n) is 6.96. The van der Waals surface area contributed by atoms with E-state index < -0.39 is 6.04 Å². The number of anilines is 1. The topological polar surface area (TPSA) is 69.6 Å². The fraction of sp³-hybridized carbons (Fsp3) is 0.467. The van der Waals surface area contributed by atoms with Gasteiger partial charge >= 0.3 is 0 Å². The highest BCUT2D eigenvalue weighted by Crippen LogP contribution is 2.18. The first-order valence-corrected chi connectivity index (χ1v) is 6.96. The van der Waals surface area contributed by atoms with E-state index in [1.807, 2.05) is 6.92 Å². The van der Waals surface area contributed by atoms with Crippen molar-refractivity contribution in [1.29, 1.82) is 0 Å². The van der Waals surface area contributed by atoms with Gasteiger partial charge in [-0.3, -0.25) is 9.59 Å². The molecule has 1 atom stereocenters. The quantitative estimate of drug-likeness (QED) is 0.856. The lowest BCUT2D eigenvalue weighted by atomic mass is 10.1. The number of carbonyl (C=O) groups excluding carboxylic acids is 2. The lowest BCUT2D eigenvalue weighted by Crippen LogP contribution is -2.44. The highest BCUT2D eigenvalue weighted by molar-refractivity contribution is 5.97. The number of hydrogen-bond donors (Lipinski definition) is 2. The predicted molar refractivity (Wildman–Crippen MR) is 76.0 cm³/mol. The maximum Gasteiger partial charge on any atom is 0.247 e. The van der Waals surface area contributed by atoms with Crippen LogP contribution in [-0.4, -0.2) is 34.4 Å². The van der Waals surface area contributed by atoms with Crippen molar-refractivity contribution < 1.29 is 14.7 Å². The molecule has 1 heterocycles. The zero-order valence-corrected chi connectivity index (χ0v) is 11.6. The maximum atomic E-state index is 12.3. The molecule has 1 aromatic carbocycles. The molecule has 1 aromatic rings. The van der Waals surface area contributed by atoms with Gasteiger partial charge in [0.2, 0.25) is 11.8 Å². The Morgan fingerprint density at radius 3 is 2.90 bits per heavy atom. The lowest BCUT2D eigenvalue weighted by molar-refractivity contribution is -0.135. The van der Waals surface area contributed by atoms with Crippen LogP contribution in [0.25, 0.3) is 0 Å². The van der Waals surface area contributed by atoms with Crippen LogP contribution < -0.4 is 5.32 Å². The van der Waals surface area contributed by atoms with Gasteiger partial charge in [-0.25, -0.2) is 0 Å². The second kappa shape index (κ2) is 6.52. The van der Waals surface area contributed by atoms with Crippen LogP contribution >= 0.6 is 0 Å². The number of carbonyl (C=O) groups is 2. The monoisotopic (exact) mass is 276 g/mol. The van der Waals surface area contributed by atoms with Crippen molar-refractivity contribution in [2.24, 2.45) is 0 Å². The van der Waals surface area contributed by atoms with Crippen LogP contribution in [0.4, 0.5) is 5.69 Å². The molecule has 0 saturated carbocycles. The lowest BCUT2D eigenvalue weighted by Gasteiger charge is -2.25. The highest BCUT2D eigenvalue weighted by atomic mass is 16.3. The van der Waals surface area contributed by atoms with Crippen LogP contribution in [0.2, 0.25) is 0 Å². The fourth-order valence-corrected chi connectivity index (χ4v) is 2.52. The number of rotatable bonds is 5. The Labute approximate surface area is 118 Å². The van der Waals surface area contributed by atoms with E-state index in [9.17, 15) is 9.59 Å². The molecule has 0 bridgehead atoms. The van der Waals surface area contributed by atoms with E-state index >= 15 is 0 Å². The average Bonchev–Trinajstić information content (AvgIpc) is 2.86. The van der Waals surface area contributed by atoms with Crippen molar-refractivity contribution >= 4 is 17.5 Å². The minimum Gasteiger partial charge on any atom is -0.392 e. The summed E-state index contributed by atoms with van der Waals surface area (Å²) in [6, 6.07) is 6.66. The van der Waals surface area contributed by atoms with Gasteiger partial charge in [0.25, 0.3) is 0 Å². The van der Waals surface area contributed by atoms with Gasteiger partial charge in [0.05, 0.1) is 6.61 Å². The molecule has 0 spiro atoms. The third-order valence-corrected chi connectivity index (χ3v) is 3.55. The van der Waals surface area contributed by atoms with Gasteiger partial charge in [0.15, 0.2) is 0 Å². The van der Waals surface area contributed by atoms with Crippen molar-refractivity contribution in [1.82, 2.24) is 4.90 Å². The van der Waals surface area contributed by atoms with E-state index in [4.69, 9.17) is 5.11 Å². The molecule has 2 N–H and O–H groups in total. The van der Waals surface area contributed by atoms with E-state index in [0.29, 0.717) is 25.1 Å². The van der Waals surface area contributed by atoms with Gasteiger partial charge < -0.3 is 15.3 Å². The van der Waals surface area contributed by atoms with Crippen molar-refractivity contribution in [2.45, 2.75) is 38.8 Å². The van der Waals surface area contributed by atoms with E-state index in [-0.39, 0.29) is 18.4 Å². The number of aliphatic hydroxyl groups excluding tert-OH is 1. The summed E-state index contributed by atoms with van der Waals surface area (Å²) in [6.45, 7) is 2.49. The van der Waals surface area contributed by atoms with Crippen LogP contribution in [0.5, 0.6) is 0 Å². The third-order valence-electron chi connectivity index (χ3n) is 3.55. The number of hydrogen-bond acceptors (Lipinski definition) is 3. The molecule has 0 aliphatic carbocycles. The van der Waals surface area contributed by atoms with Gasteiger partial charge in [-0.05, 0) is 30.5 Å². The molecule has 20 heavy (non-hydrogen) atoms. The molecular weight excluding hydrogens is 256 g/mol. The van der Waals surface area contributed by atoms with Crippen molar-refractivity contribution in [2.75, 3.05) is 11.9 Å². The summed E-state index contributed by atoms with van der Waals surface area (Å²) in [5.41, 5.74) is 1.39. The van der Waals surface area contributed by atoms with Crippen LogP contribution in [0.1, 0.15) is 31.7 Å². The molecule has 2 amide bonds. The zero-order valence-electron chi connectivity index (χ0n) is 11.6. The third kappa shape index (κ3) is 3.17. The summed E-state index contributed by atoms with van der Waals surface area (Å²) in [5, 5.41) is 11.9. The van der Waals surface area contributed by atoms with E-state index in [0.717, 1.165) is 12.0 Å². The Morgan fingerprint density at radius 2 is 2.30 bits per heavy atom. The molecule has 5 heteroatoms. The SMILES string of the molecule is CCC(C(=O)Nc1cccc(CO)c1)N1CCCC1=O. The minimum absolute atomic E-state index is 0.0520. The van der Waals surface area contributed by atoms with E-state index in [1.165, 1.54) is 0 Å². The largest absolute Gasteiger partial charge is 0.392 e. The van der Waals surface area contributed by atoms with E-state index in [1.54, 1.807) is 29.2 Å². The molecule has 1 saturated heterocycles. The first kappa shape index (κ1) is 14.5. The van der Waals surface area contributed by atoms with Gasteiger partial charge in [0, 0.05) is 18.7 Å². The zero-order chi connectivity index (χ0) is 14.5. The van der Waals surface area contributed by atoms with Crippen LogP contribution in [0.15, 0.2) is 24.3 Å². The standard InChI is InChI=1S/C15H20N2O3/c1-2-13(17-8-4-7-14(17)19)15(20)16-12-6-3-5-11(9-12)10-18/h3,5-6,9,13,18H,2,4,7-8,10H2,1H3,(H,16,20). The molecule has 0 aromatic heterocycles. The average molecular weight is 276 g/mol. The first-order chi connectivity index (χ1) is 9.65. The van der Waals surface area contributed by atoms with Crippen LogP contribution in [0.3, 0.4) is 0 Å². The Bertz CT molecular complexity index is 502. The smallest absolute Gasteiger partial charge is 0.247 e. The molecule has 1 aliphatic rings. The van der Waals surface area contributed by atoms with Crippen molar-refractivity contribution in [3.63, 3.8) is 0 Å². The van der Waals surface area contributed by atoms with Gasteiger partial charge in [-0.1, -0.05) is 19.1 Å². The molecule has 1 unspecified atom stereocenters. The number of aliphatic hydroxyl groups is 1. The normalized spacial score (nSPS) is 16.3. The predicted octanol–water partition coefficient (Wildman–Crippen LogP) is 1.52. The van der Waals surface area contributed by atoms with Crippen LogP contribution in [-0.2, 0) is 16.2 Å². The second-order valence-electron chi connectivity index (χ2n) is 4.96. The Hall–Kier alpha value is -1.88. The Balaban J connectivity index is 2.07. The molecule has 1 aliphatic heterocycles. The molecule has 0 radical (unpaired) electrons. The van der Waals surface area contributed by atoms with Gasteiger partial charge in [0.1, 0.15) is 6.04 Å². The van der Waals surface area contributed by atoms with Crippen molar-refractivity contribution in [3.8, 4) is 0 Å². The maximum absolute atomic E-state index is 12.3. The molecular formula is C15H20N2O3. The summed E-state index contributed by atoms with van der Waals surface area (Å²) in [5.74, 6) is -0.117. The summed E-state index contributed by atoms with van der Waals surface area (Å²) < 4.78 is 0. The second-order valence-corrected chi connectivity index (χ2v) is 4.96. The molecule has 1 fully saturated rings. The summed E-state index contributed by atoms with van der Waals surface area (Å²) in [6.07, 6.45) is 1.95.